The van der Waals surface area contributed by atoms with E-state index in [1.165, 1.54) is 14.2 Å². The molecule has 4 atom stereocenters. The van der Waals surface area contributed by atoms with Gasteiger partial charge in [-0.15, -0.1) is 0 Å². The molecule has 2 aliphatic heterocycles. The quantitative estimate of drug-likeness (QED) is 0.737. The summed E-state index contributed by atoms with van der Waals surface area (Å²) >= 11 is 0. The van der Waals surface area contributed by atoms with Crippen LogP contribution in [-0.2, 0) is 31.0 Å². The molecule has 1 aromatic rings. The van der Waals surface area contributed by atoms with Gasteiger partial charge in [-0.3, -0.25) is 9.59 Å². The maximum absolute atomic E-state index is 13.0. The zero-order valence-electron chi connectivity index (χ0n) is 15.9. The first-order chi connectivity index (χ1) is 13.0. The number of benzene rings is 1. The van der Waals surface area contributed by atoms with Gasteiger partial charge in [0.1, 0.15) is 0 Å². The van der Waals surface area contributed by atoms with Gasteiger partial charge in [-0.05, 0) is 29.7 Å². The zero-order chi connectivity index (χ0) is 19.1. The average molecular weight is 373 g/mol. The Kier molecular flexibility index (Phi) is 3.30. The van der Waals surface area contributed by atoms with Crippen LogP contribution in [0, 0.1) is 17.8 Å². The summed E-state index contributed by atoms with van der Waals surface area (Å²) in [4.78, 5) is 28.0. The molecule has 1 unspecified atom stereocenters. The highest BCUT2D eigenvalue weighted by atomic mass is 16.7. The van der Waals surface area contributed by atoms with Crippen LogP contribution in [-0.4, -0.2) is 57.4 Å². The van der Waals surface area contributed by atoms with Crippen LogP contribution in [0.3, 0.4) is 0 Å². The lowest BCUT2D eigenvalue weighted by Gasteiger charge is -2.52. The van der Waals surface area contributed by atoms with E-state index in [4.69, 9.17) is 18.9 Å². The molecule has 0 bridgehead atoms. The van der Waals surface area contributed by atoms with Crippen molar-refractivity contribution in [3.8, 4) is 11.5 Å². The van der Waals surface area contributed by atoms with Crippen molar-refractivity contribution >= 4 is 11.7 Å². The fourth-order valence-corrected chi connectivity index (χ4v) is 5.93. The predicted octanol–water partition coefficient (Wildman–Crippen LogP) is 1.12. The highest BCUT2D eigenvalue weighted by Crippen LogP contribution is 2.72. The Hall–Kier alpha value is -2.12. The Morgan fingerprint density at radius 3 is 2.30 bits per heavy atom. The number of carbonyl (C=O) groups is 2. The van der Waals surface area contributed by atoms with Gasteiger partial charge in [0.15, 0.2) is 17.3 Å². The van der Waals surface area contributed by atoms with E-state index in [-0.39, 0.29) is 29.4 Å². The van der Waals surface area contributed by atoms with Gasteiger partial charge in [-0.25, -0.2) is 0 Å². The number of methoxy groups -OCH3 is 4. The van der Waals surface area contributed by atoms with E-state index in [0.29, 0.717) is 24.5 Å². The summed E-state index contributed by atoms with van der Waals surface area (Å²) in [6, 6.07) is 3.96. The van der Waals surface area contributed by atoms with Crippen LogP contribution in [0.5, 0.6) is 11.5 Å². The fraction of sp³-hybridized carbons (Fsp3) is 0.600. The van der Waals surface area contributed by atoms with Crippen LogP contribution in [0.4, 0.5) is 0 Å². The van der Waals surface area contributed by atoms with Gasteiger partial charge in [0.25, 0.3) is 0 Å². The van der Waals surface area contributed by atoms with E-state index in [0.717, 1.165) is 17.5 Å². The maximum Gasteiger partial charge on any atom is 0.231 e. The number of ketones is 1. The Balaban J connectivity index is 1.74. The van der Waals surface area contributed by atoms with Crippen molar-refractivity contribution in [3.05, 3.63) is 23.3 Å². The van der Waals surface area contributed by atoms with Crippen molar-refractivity contribution < 1.29 is 28.5 Å². The number of ether oxygens (including phenoxy) is 4. The summed E-state index contributed by atoms with van der Waals surface area (Å²) in [6.07, 6.45) is 1.05. The number of nitrogens with zero attached hydrogens (tertiary/aromatic N) is 1. The van der Waals surface area contributed by atoms with Crippen molar-refractivity contribution in [1.29, 1.82) is 0 Å². The van der Waals surface area contributed by atoms with Crippen molar-refractivity contribution in [2.75, 3.05) is 35.0 Å². The molecular formula is C20H23NO6. The molecule has 1 saturated heterocycles. The van der Waals surface area contributed by atoms with Gasteiger partial charge >= 0.3 is 0 Å². The molecule has 2 saturated carbocycles. The summed E-state index contributed by atoms with van der Waals surface area (Å²) in [5.74, 6) is -0.660. The fourth-order valence-electron chi connectivity index (χ4n) is 5.93. The van der Waals surface area contributed by atoms with E-state index in [1.807, 2.05) is 17.0 Å². The minimum Gasteiger partial charge on any atom is -0.493 e. The third-order valence-electron chi connectivity index (χ3n) is 7.12. The number of carbonyl (C=O) groups excluding carboxylic acids is 2. The monoisotopic (exact) mass is 373 g/mol. The van der Waals surface area contributed by atoms with E-state index in [2.05, 4.69) is 0 Å². The SMILES string of the molecule is COc1cc2c(cc1OC)[C@@]13CC(OC)(OC)C(=O)[C@H]4C(C(=O)N1CC2)[C@H]43. The molecule has 2 heterocycles. The minimum absolute atomic E-state index is 0.0203. The number of hydrogen-bond donors (Lipinski definition) is 0. The molecule has 27 heavy (non-hydrogen) atoms. The lowest BCUT2D eigenvalue weighted by molar-refractivity contribution is -0.234. The Morgan fingerprint density at radius 1 is 1.00 bits per heavy atom. The van der Waals surface area contributed by atoms with Gasteiger partial charge in [0, 0.05) is 39.0 Å². The highest BCUT2D eigenvalue weighted by molar-refractivity contribution is 6.03. The Labute approximate surface area is 157 Å². The molecule has 5 rings (SSSR count). The first-order valence-electron chi connectivity index (χ1n) is 9.20. The highest BCUT2D eigenvalue weighted by Gasteiger charge is 2.82. The number of hydrogen-bond acceptors (Lipinski definition) is 6. The molecule has 144 valence electrons. The average Bonchev–Trinajstić information content (AvgIpc) is 3.40. The second-order valence-electron chi connectivity index (χ2n) is 7.81. The molecule has 0 N–H and O–H groups in total. The molecule has 4 aliphatic rings. The van der Waals surface area contributed by atoms with Gasteiger partial charge in [-0.2, -0.15) is 0 Å². The van der Waals surface area contributed by atoms with Crippen LogP contribution >= 0.6 is 0 Å². The van der Waals surface area contributed by atoms with E-state index < -0.39 is 11.3 Å². The zero-order valence-corrected chi connectivity index (χ0v) is 15.9. The predicted molar refractivity (Wildman–Crippen MR) is 93.5 cm³/mol. The van der Waals surface area contributed by atoms with Gasteiger partial charge in [-0.1, -0.05) is 0 Å². The van der Waals surface area contributed by atoms with Crippen LogP contribution in [0.2, 0.25) is 0 Å². The van der Waals surface area contributed by atoms with E-state index >= 15 is 0 Å². The number of Topliss-reactive ketones (excluding diaryl/α,β-unsaturated/α-hetero) is 1. The van der Waals surface area contributed by atoms with Crippen LogP contribution < -0.4 is 9.47 Å². The summed E-state index contributed by atoms with van der Waals surface area (Å²) in [6.45, 7) is 0.624. The van der Waals surface area contributed by atoms with Crippen LogP contribution in [0.15, 0.2) is 12.1 Å². The van der Waals surface area contributed by atoms with Crippen molar-refractivity contribution in [2.45, 2.75) is 24.2 Å². The Morgan fingerprint density at radius 2 is 1.67 bits per heavy atom. The number of piperidine rings is 1. The number of amides is 1. The molecule has 0 radical (unpaired) electrons. The molecule has 7 heteroatoms. The summed E-state index contributed by atoms with van der Waals surface area (Å²) in [5.41, 5.74) is 1.55. The van der Waals surface area contributed by atoms with Crippen molar-refractivity contribution in [1.82, 2.24) is 4.90 Å². The topological polar surface area (TPSA) is 74.3 Å². The van der Waals surface area contributed by atoms with Gasteiger partial charge in [0.05, 0.1) is 25.7 Å². The number of rotatable bonds is 4. The van der Waals surface area contributed by atoms with E-state index in [9.17, 15) is 9.59 Å². The van der Waals surface area contributed by atoms with Gasteiger partial charge < -0.3 is 23.8 Å². The number of fused-ring (bicyclic) bond motifs is 2. The molecule has 2 aliphatic carbocycles. The molecule has 1 aromatic carbocycles. The van der Waals surface area contributed by atoms with Crippen LogP contribution in [0.1, 0.15) is 17.5 Å². The van der Waals surface area contributed by atoms with Crippen LogP contribution in [0.25, 0.3) is 0 Å². The molecule has 7 nitrogen and oxygen atoms in total. The maximum atomic E-state index is 13.0. The molecular weight excluding hydrogens is 350 g/mol. The Bertz CT molecular complexity index is 862. The van der Waals surface area contributed by atoms with Gasteiger partial charge in [0.2, 0.25) is 11.7 Å². The third kappa shape index (κ3) is 1.75. The first kappa shape index (κ1) is 17.0. The lowest BCUT2D eigenvalue weighted by atomic mass is 9.68. The smallest absolute Gasteiger partial charge is 0.231 e. The summed E-state index contributed by atoms with van der Waals surface area (Å²) < 4.78 is 22.2. The molecule has 0 aromatic heterocycles. The summed E-state index contributed by atoms with van der Waals surface area (Å²) in [5, 5.41) is 0. The normalized spacial score (nSPS) is 34.7. The standard InChI is InChI=1S/C20H23NO6/c1-24-12-7-10-5-6-21-18(23)15-14-16(15)19(21,11(10)8-13(12)25-2)9-20(26-3,27-4)17(14)22/h7-8,14-16H,5-6,9H2,1-4H3/t14-,15?,16-,19+/m0/s1. The minimum atomic E-state index is -1.32. The second-order valence-corrected chi connectivity index (χ2v) is 7.81. The largest absolute Gasteiger partial charge is 0.493 e. The molecule has 3 fully saturated rings. The molecule has 1 spiro atoms. The molecule has 1 amide bonds. The second kappa shape index (κ2) is 5.23. The third-order valence-corrected chi connectivity index (χ3v) is 7.12. The lowest BCUT2D eigenvalue weighted by Crippen LogP contribution is -2.63. The summed E-state index contributed by atoms with van der Waals surface area (Å²) in [7, 11) is 6.21. The van der Waals surface area contributed by atoms with E-state index in [1.54, 1.807) is 14.2 Å². The van der Waals surface area contributed by atoms with Crippen molar-refractivity contribution in [3.63, 3.8) is 0 Å². The van der Waals surface area contributed by atoms with Crippen molar-refractivity contribution in [2.24, 2.45) is 17.8 Å². The first-order valence-corrected chi connectivity index (χ1v) is 9.20.